The highest BCUT2D eigenvalue weighted by molar-refractivity contribution is 6.30. The van der Waals surface area contributed by atoms with Gasteiger partial charge in [-0.2, -0.15) is 5.10 Å². The monoisotopic (exact) mass is 425 g/mol. The number of nitrogens with zero attached hydrogens (tertiary/aromatic N) is 4. The Morgan fingerprint density at radius 3 is 2.83 bits per heavy atom. The predicted octanol–water partition coefficient (Wildman–Crippen LogP) is 4.59. The molecule has 0 unspecified atom stereocenters. The average Bonchev–Trinajstić information content (AvgIpc) is 3.38. The summed E-state index contributed by atoms with van der Waals surface area (Å²) in [5.41, 5.74) is 3.41. The van der Waals surface area contributed by atoms with Crippen molar-refractivity contribution in [2.45, 2.75) is 45.1 Å². The molecule has 1 N–H and O–H groups in total. The van der Waals surface area contributed by atoms with E-state index in [2.05, 4.69) is 45.0 Å². The van der Waals surface area contributed by atoms with E-state index in [1.165, 1.54) is 5.56 Å². The first-order valence-electron chi connectivity index (χ1n) is 10.5. The zero-order chi connectivity index (χ0) is 20.9. The van der Waals surface area contributed by atoms with Gasteiger partial charge < -0.3 is 4.74 Å². The smallest absolute Gasteiger partial charge is 0.130 e. The summed E-state index contributed by atoms with van der Waals surface area (Å²) in [7, 11) is 0. The van der Waals surface area contributed by atoms with E-state index in [0.29, 0.717) is 23.5 Å². The van der Waals surface area contributed by atoms with Crippen LogP contribution in [0.2, 0.25) is 5.02 Å². The topological polar surface area (TPSA) is 66.9 Å². The normalized spacial score (nSPS) is 17.0. The van der Waals surface area contributed by atoms with Crippen molar-refractivity contribution >= 4 is 11.6 Å². The van der Waals surface area contributed by atoms with Crippen LogP contribution in [0.4, 0.5) is 0 Å². The van der Waals surface area contributed by atoms with Crippen LogP contribution < -0.4 is 4.74 Å². The molecule has 0 aliphatic carbocycles. The van der Waals surface area contributed by atoms with Gasteiger partial charge in [-0.05, 0) is 37.2 Å². The second-order valence-electron chi connectivity index (χ2n) is 8.20. The van der Waals surface area contributed by atoms with Gasteiger partial charge in [0.2, 0.25) is 0 Å². The molecule has 0 spiro atoms. The van der Waals surface area contributed by atoms with Crippen LogP contribution in [0.25, 0.3) is 0 Å². The number of H-pyrrole nitrogens is 1. The van der Waals surface area contributed by atoms with Gasteiger partial charge in [0, 0.05) is 60.0 Å². The van der Waals surface area contributed by atoms with Crippen molar-refractivity contribution in [3.8, 4) is 5.75 Å². The summed E-state index contributed by atoms with van der Waals surface area (Å²) in [5, 5.41) is 8.41. The highest BCUT2D eigenvalue weighted by Crippen LogP contribution is 2.27. The van der Waals surface area contributed by atoms with Gasteiger partial charge in [-0.25, -0.2) is 9.97 Å². The third kappa shape index (κ3) is 5.37. The number of likely N-dealkylation sites (tertiary alicyclic amines) is 1. The van der Waals surface area contributed by atoms with E-state index in [-0.39, 0.29) is 0 Å². The Kier molecular flexibility index (Phi) is 6.65. The fourth-order valence-electron chi connectivity index (χ4n) is 3.77. The standard InChI is InChI=1S/C23H28ClN5O/c1-16(2)23-25-12-17(13-26-23)14-29-8-6-18(15-29)22-11-20(27-28-22)7-9-30-21-5-3-4-19(24)10-21/h3-5,10-13,16,18H,6-9,14-15H2,1-2H3,(H,27,28)/t18-/m1/s1. The molecule has 158 valence electrons. The molecule has 1 saturated heterocycles. The maximum Gasteiger partial charge on any atom is 0.130 e. The van der Waals surface area contributed by atoms with Crippen LogP contribution in [0.5, 0.6) is 5.75 Å². The van der Waals surface area contributed by atoms with E-state index in [1.54, 1.807) is 0 Å². The lowest BCUT2D eigenvalue weighted by Crippen LogP contribution is -2.20. The summed E-state index contributed by atoms with van der Waals surface area (Å²) in [6.45, 7) is 7.78. The fraction of sp³-hybridized carbons (Fsp3) is 0.435. The first kappa shape index (κ1) is 20.8. The Bertz CT molecular complexity index is 956. The van der Waals surface area contributed by atoms with E-state index >= 15 is 0 Å². The van der Waals surface area contributed by atoms with E-state index in [9.17, 15) is 0 Å². The molecule has 1 aromatic carbocycles. The minimum absolute atomic E-state index is 0.361. The van der Waals surface area contributed by atoms with Gasteiger partial charge in [0.1, 0.15) is 11.6 Å². The number of nitrogens with one attached hydrogen (secondary N) is 1. The number of hydrogen-bond donors (Lipinski definition) is 1. The Balaban J connectivity index is 1.26. The van der Waals surface area contributed by atoms with Gasteiger partial charge in [-0.3, -0.25) is 10.00 Å². The Hall–Kier alpha value is -2.44. The molecule has 0 bridgehead atoms. The molecule has 1 fully saturated rings. The predicted molar refractivity (Wildman–Crippen MR) is 118 cm³/mol. The lowest BCUT2D eigenvalue weighted by Gasteiger charge is -2.15. The summed E-state index contributed by atoms with van der Waals surface area (Å²) < 4.78 is 5.78. The highest BCUT2D eigenvalue weighted by Gasteiger charge is 2.26. The summed E-state index contributed by atoms with van der Waals surface area (Å²) >= 11 is 5.99. The van der Waals surface area contributed by atoms with Crippen molar-refractivity contribution < 1.29 is 4.74 Å². The molecular formula is C23H28ClN5O. The first-order chi connectivity index (χ1) is 14.6. The zero-order valence-corrected chi connectivity index (χ0v) is 18.3. The van der Waals surface area contributed by atoms with Crippen LogP contribution in [0.1, 0.15) is 54.9 Å². The van der Waals surface area contributed by atoms with Crippen LogP contribution in [-0.4, -0.2) is 44.8 Å². The molecule has 3 heterocycles. The number of hydrogen-bond acceptors (Lipinski definition) is 5. The average molecular weight is 426 g/mol. The molecule has 0 radical (unpaired) electrons. The zero-order valence-electron chi connectivity index (χ0n) is 17.5. The molecule has 0 amide bonds. The van der Waals surface area contributed by atoms with Crippen molar-refractivity contribution in [3.63, 3.8) is 0 Å². The van der Waals surface area contributed by atoms with Crippen molar-refractivity contribution in [2.24, 2.45) is 0 Å². The first-order valence-corrected chi connectivity index (χ1v) is 10.9. The second kappa shape index (κ2) is 9.58. The van der Waals surface area contributed by atoms with Crippen LogP contribution in [0.3, 0.4) is 0 Å². The highest BCUT2D eigenvalue weighted by atomic mass is 35.5. The quantitative estimate of drug-likeness (QED) is 0.571. The lowest BCUT2D eigenvalue weighted by atomic mass is 10.0. The summed E-state index contributed by atoms with van der Waals surface area (Å²) in [5.74, 6) is 2.51. The molecule has 1 aliphatic rings. The Morgan fingerprint density at radius 2 is 2.07 bits per heavy atom. The van der Waals surface area contributed by atoms with Gasteiger partial charge in [0.25, 0.3) is 0 Å². The molecular weight excluding hydrogens is 398 g/mol. The Labute approximate surface area is 182 Å². The van der Waals surface area contributed by atoms with E-state index in [4.69, 9.17) is 16.3 Å². The minimum atomic E-state index is 0.361. The number of rotatable bonds is 8. The molecule has 1 atom stereocenters. The molecule has 30 heavy (non-hydrogen) atoms. The molecule has 1 aliphatic heterocycles. The number of aromatic nitrogens is 4. The molecule has 7 heteroatoms. The van der Waals surface area contributed by atoms with Gasteiger partial charge >= 0.3 is 0 Å². The third-order valence-electron chi connectivity index (χ3n) is 5.43. The van der Waals surface area contributed by atoms with Gasteiger partial charge in [0.05, 0.1) is 12.3 Å². The SMILES string of the molecule is CC(C)c1ncc(CN2CC[C@@H](c3cc(CCOc4cccc(Cl)c4)[nH]n3)C2)cn1. The Morgan fingerprint density at radius 1 is 1.23 bits per heavy atom. The number of benzene rings is 1. The second-order valence-corrected chi connectivity index (χ2v) is 8.64. The number of ether oxygens (including phenoxy) is 1. The third-order valence-corrected chi connectivity index (χ3v) is 5.66. The van der Waals surface area contributed by atoms with Gasteiger partial charge in [-0.1, -0.05) is 31.5 Å². The summed E-state index contributed by atoms with van der Waals surface area (Å²) in [6, 6.07) is 9.65. The van der Waals surface area contributed by atoms with E-state index in [1.807, 2.05) is 36.7 Å². The minimum Gasteiger partial charge on any atom is -0.493 e. The van der Waals surface area contributed by atoms with Crippen molar-refractivity contribution in [3.05, 3.63) is 70.5 Å². The van der Waals surface area contributed by atoms with Gasteiger partial charge in [-0.15, -0.1) is 0 Å². The van der Waals surface area contributed by atoms with Crippen LogP contribution >= 0.6 is 11.6 Å². The maximum atomic E-state index is 5.99. The molecule has 6 nitrogen and oxygen atoms in total. The maximum absolute atomic E-state index is 5.99. The number of aromatic amines is 1. The lowest BCUT2D eigenvalue weighted by molar-refractivity contribution is 0.320. The van der Waals surface area contributed by atoms with E-state index < -0.39 is 0 Å². The largest absolute Gasteiger partial charge is 0.493 e. The number of halogens is 1. The summed E-state index contributed by atoms with van der Waals surface area (Å²) in [4.78, 5) is 11.4. The fourth-order valence-corrected chi connectivity index (χ4v) is 3.95. The molecule has 4 rings (SSSR count). The van der Waals surface area contributed by atoms with Crippen LogP contribution in [0.15, 0.2) is 42.7 Å². The molecule has 2 aromatic heterocycles. The van der Waals surface area contributed by atoms with Crippen molar-refractivity contribution in [1.82, 2.24) is 25.1 Å². The van der Waals surface area contributed by atoms with Gasteiger partial charge in [0.15, 0.2) is 0 Å². The molecule has 0 saturated carbocycles. The van der Waals surface area contributed by atoms with Crippen molar-refractivity contribution in [1.29, 1.82) is 0 Å². The van der Waals surface area contributed by atoms with E-state index in [0.717, 1.165) is 55.4 Å². The van der Waals surface area contributed by atoms with Crippen molar-refractivity contribution in [2.75, 3.05) is 19.7 Å². The molecule has 3 aromatic rings. The summed E-state index contributed by atoms with van der Waals surface area (Å²) in [6.07, 6.45) is 5.83. The van der Waals surface area contributed by atoms with Crippen LogP contribution in [-0.2, 0) is 13.0 Å². The van der Waals surface area contributed by atoms with Crippen LogP contribution in [0, 0.1) is 0 Å².